The molecule has 0 spiro atoms. The standard InChI is InChI=1S/C7H17N.ClH/c1-4-7(8)5-6(2)3;/h6-7H,4-5,8H2,1-3H3;1H. The second kappa shape index (κ2) is 6.37. The van der Waals surface area contributed by atoms with Gasteiger partial charge < -0.3 is 5.73 Å². The van der Waals surface area contributed by atoms with Crippen LogP contribution in [-0.2, 0) is 0 Å². The minimum Gasteiger partial charge on any atom is -0.328 e. The third kappa shape index (κ3) is 8.25. The summed E-state index contributed by atoms with van der Waals surface area (Å²) in [6.07, 6.45) is 2.27. The highest BCUT2D eigenvalue weighted by molar-refractivity contribution is 5.85. The van der Waals surface area contributed by atoms with Crippen molar-refractivity contribution in [3.05, 3.63) is 0 Å². The fourth-order valence-electron chi connectivity index (χ4n) is 0.772. The lowest BCUT2D eigenvalue weighted by Crippen LogP contribution is -2.20. The minimum absolute atomic E-state index is 0. The van der Waals surface area contributed by atoms with E-state index >= 15 is 0 Å². The van der Waals surface area contributed by atoms with Crippen LogP contribution in [0.5, 0.6) is 0 Å². The Kier molecular flexibility index (Phi) is 8.48. The van der Waals surface area contributed by atoms with E-state index in [1.807, 2.05) is 0 Å². The number of halogens is 1. The molecule has 0 aromatic heterocycles. The van der Waals surface area contributed by atoms with Gasteiger partial charge in [0, 0.05) is 6.04 Å². The van der Waals surface area contributed by atoms with Crippen LogP contribution in [0.2, 0.25) is 0 Å². The number of hydrogen-bond donors (Lipinski definition) is 1. The quantitative estimate of drug-likeness (QED) is 0.658. The largest absolute Gasteiger partial charge is 0.328 e. The predicted octanol–water partition coefficient (Wildman–Crippen LogP) is 2.19. The molecule has 0 aliphatic rings. The molecule has 0 fully saturated rings. The summed E-state index contributed by atoms with van der Waals surface area (Å²) in [4.78, 5) is 0. The first-order valence-corrected chi connectivity index (χ1v) is 3.42. The summed E-state index contributed by atoms with van der Waals surface area (Å²) in [5, 5.41) is 0. The van der Waals surface area contributed by atoms with Crippen molar-refractivity contribution in [3.8, 4) is 0 Å². The van der Waals surface area contributed by atoms with E-state index in [-0.39, 0.29) is 12.4 Å². The number of nitrogens with two attached hydrogens (primary N) is 1. The lowest BCUT2D eigenvalue weighted by atomic mass is 10.0. The Morgan fingerprint density at radius 2 is 1.78 bits per heavy atom. The number of rotatable bonds is 3. The first-order chi connectivity index (χ1) is 3.66. The molecule has 0 saturated heterocycles. The van der Waals surface area contributed by atoms with E-state index in [0.29, 0.717) is 6.04 Å². The average Bonchev–Trinajstić information content (AvgIpc) is 1.65. The maximum Gasteiger partial charge on any atom is 0.00386 e. The Hall–Kier alpha value is 0.250. The van der Waals surface area contributed by atoms with E-state index in [1.165, 1.54) is 0 Å². The molecule has 1 atom stereocenters. The smallest absolute Gasteiger partial charge is 0.00386 e. The van der Waals surface area contributed by atoms with Crippen molar-refractivity contribution < 1.29 is 0 Å². The summed E-state index contributed by atoms with van der Waals surface area (Å²) >= 11 is 0. The molecule has 1 unspecified atom stereocenters. The molecule has 0 amide bonds. The van der Waals surface area contributed by atoms with Gasteiger partial charge in [-0.3, -0.25) is 0 Å². The third-order valence-corrected chi connectivity index (χ3v) is 1.30. The average molecular weight is 152 g/mol. The molecule has 58 valence electrons. The zero-order valence-corrected chi connectivity index (χ0v) is 7.37. The van der Waals surface area contributed by atoms with Crippen molar-refractivity contribution in [1.82, 2.24) is 0 Å². The zero-order chi connectivity index (χ0) is 6.57. The maximum atomic E-state index is 5.67. The highest BCUT2D eigenvalue weighted by Gasteiger charge is 2.00. The van der Waals surface area contributed by atoms with E-state index in [1.54, 1.807) is 0 Å². The van der Waals surface area contributed by atoms with Crippen LogP contribution in [0, 0.1) is 5.92 Å². The third-order valence-electron chi connectivity index (χ3n) is 1.30. The van der Waals surface area contributed by atoms with Gasteiger partial charge >= 0.3 is 0 Å². The summed E-state index contributed by atoms with van der Waals surface area (Å²) in [5.41, 5.74) is 5.67. The molecule has 0 radical (unpaired) electrons. The van der Waals surface area contributed by atoms with Crippen LogP contribution in [-0.4, -0.2) is 6.04 Å². The molecule has 0 bridgehead atoms. The molecular formula is C7H18ClN. The van der Waals surface area contributed by atoms with Gasteiger partial charge in [0.1, 0.15) is 0 Å². The first-order valence-electron chi connectivity index (χ1n) is 3.42. The van der Waals surface area contributed by atoms with Gasteiger partial charge in [-0.25, -0.2) is 0 Å². The van der Waals surface area contributed by atoms with Crippen LogP contribution >= 0.6 is 12.4 Å². The maximum absolute atomic E-state index is 5.67. The molecule has 0 aliphatic carbocycles. The van der Waals surface area contributed by atoms with Gasteiger partial charge in [-0.2, -0.15) is 0 Å². The molecule has 0 aliphatic heterocycles. The van der Waals surface area contributed by atoms with Gasteiger partial charge in [0.15, 0.2) is 0 Å². The summed E-state index contributed by atoms with van der Waals surface area (Å²) in [6.45, 7) is 6.54. The molecule has 0 aromatic rings. The Morgan fingerprint density at radius 3 is 1.89 bits per heavy atom. The second-order valence-electron chi connectivity index (χ2n) is 2.80. The summed E-state index contributed by atoms with van der Waals surface area (Å²) in [5.74, 6) is 0.755. The van der Waals surface area contributed by atoms with E-state index < -0.39 is 0 Å². The van der Waals surface area contributed by atoms with Crippen LogP contribution in [0.4, 0.5) is 0 Å². The fraction of sp³-hybridized carbons (Fsp3) is 1.00. The monoisotopic (exact) mass is 151 g/mol. The van der Waals surface area contributed by atoms with Crippen LogP contribution in [0.1, 0.15) is 33.6 Å². The summed E-state index contributed by atoms with van der Waals surface area (Å²) in [6, 6.07) is 0.426. The Bertz CT molecular complexity index is 54.9. The van der Waals surface area contributed by atoms with Crippen molar-refractivity contribution in [3.63, 3.8) is 0 Å². The topological polar surface area (TPSA) is 26.0 Å². The van der Waals surface area contributed by atoms with Crippen molar-refractivity contribution in [2.75, 3.05) is 0 Å². The molecule has 2 heteroatoms. The molecule has 0 aromatic carbocycles. The van der Waals surface area contributed by atoms with Gasteiger partial charge in [-0.1, -0.05) is 20.8 Å². The predicted molar refractivity (Wildman–Crippen MR) is 45.0 cm³/mol. The Labute approximate surface area is 64.4 Å². The van der Waals surface area contributed by atoms with Crippen LogP contribution in [0.15, 0.2) is 0 Å². The van der Waals surface area contributed by atoms with Gasteiger partial charge in [0.05, 0.1) is 0 Å². The molecule has 9 heavy (non-hydrogen) atoms. The first kappa shape index (κ1) is 12.0. The van der Waals surface area contributed by atoms with E-state index in [2.05, 4.69) is 20.8 Å². The van der Waals surface area contributed by atoms with Gasteiger partial charge in [-0.15, -0.1) is 12.4 Å². The summed E-state index contributed by atoms with van der Waals surface area (Å²) < 4.78 is 0. The normalized spacial score (nSPS) is 13.0. The molecular weight excluding hydrogens is 134 g/mol. The Balaban J connectivity index is 0. The van der Waals surface area contributed by atoms with E-state index in [9.17, 15) is 0 Å². The molecule has 0 rings (SSSR count). The van der Waals surface area contributed by atoms with Crippen LogP contribution in [0.25, 0.3) is 0 Å². The van der Waals surface area contributed by atoms with Crippen molar-refractivity contribution in [2.45, 2.75) is 39.7 Å². The van der Waals surface area contributed by atoms with Gasteiger partial charge in [-0.05, 0) is 18.8 Å². The van der Waals surface area contributed by atoms with Crippen molar-refractivity contribution in [1.29, 1.82) is 0 Å². The van der Waals surface area contributed by atoms with Crippen LogP contribution < -0.4 is 5.73 Å². The fourth-order valence-corrected chi connectivity index (χ4v) is 0.772. The Morgan fingerprint density at radius 1 is 1.33 bits per heavy atom. The van der Waals surface area contributed by atoms with Crippen molar-refractivity contribution in [2.24, 2.45) is 11.7 Å². The number of hydrogen-bond acceptors (Lipinski definition) is 1. The highest BCUT2D eigenvalue weighted by Crippen LogP contribution is 2.03. The highest BCUT2D eigenvalue weighted by atomic mass is 35.5. The molecule has 2 N–H and O–H groups in total. The zero-order valence-electron chi connectivity index (χ0n) is 6.55. The van der Waals surface area contributed by atoms with E-state index in [0.717, 1.165) is 18.8 Å². The summed E-state index contributed by atoms with van der Waals surface area (Å²) in [7, 11) is 0. The SMILES string of the molecule is CCC(N)CC(C)C.Cl. The van der Waals surface area contributed by atoms with Crippen LogP contribution in [0.3, 0.4) is 0 Å². The minimum atomic E-state index is 0. The van der Waals surface area contributed by atoms with Gasteiger partial charge in [0.25, 0.3) is 0 Å². The molecule has 1 nitrogen and oxygen atoms in total. The second-order valence-corrected chi connectivity index (χ2v) is 2.80. The molecule has 0 saturated carbocycles. The molecule has 0 heterocycles. The lowest BCUT2D eigenvalue weighted by Gasteiger charge is -2.09. The lowest BCUT2D eigenvalue weighted by molar-refractivity contribution is 0.486. The van der Waals surface area contributed by atoms with Gasteiger partial charge in [0.2, 0.25) is 0 Å². The van der Waals surface area contributed by atoms with Crippen molar-refractivity contribution >= 4 is 12.4 Å². The van der Waals surface area contributed by atoms with E-state index in [4.69, 9.17) is 5.73 Å².